The van der Waals surface area contributed by atoms with Crippen molar-refractivity contribution in [3.05, 3.63) is 64.8 Å². The normalized spacial score (nSPS) is 11.9. The first-order chi connectivity index (χ1) is 13.1. The first kappa shape index (κ1) is 18.5. The van der Waals surface area contributed by atoms with E-state index in [4.69, 9.17) is 9.47 Å². The fourth-order valence-electron chi connectivity index (χ4n) is 2.50. The molecule has 1 N–H and O–H groups in total. The van der Waals surface area contributed by atoms with Crippen LogP contribution in [-0.4, -0.2) is 44.9 Å². The van der Waals surface area contributed by atoms with Gasteiger partial charge in [0.25, 0.3) is 5.56 Å². The molecule has 0 saturated heterocycles. The summed E-state index contributed by atoms with van der Waals surface area (Å²) < 4.78 is 11.7. The number of carbonyl (C=O) groups is 1. The van der Waals surface area contributed by atoms with Gasteiger partial charge in [-0.05, 0) is 43.3 Å². The highest BCUT2D eigenvalue weighted by molar-refractivity contribution is 5.89. The summed E-state index contributed by atoms with van der Waals surface area (Å²) in [5.74, 6) is 0.0945. The van der Waals surface area contributed by atoms with Crippen molar-refractivity contribution in [3.63, 3.8) is 0 Å². The van der Waals surface area contributed by atoms with Gasteiger partial charge in [0.1, 0.15) is 24.8 Å². The van der Waals surface area contributed by atoms with Gasteiger partial charge in [0.15, 0.2) is 5.65 Å². The summed E-state index contributed by atoms with van der Waals surface area (Å²) >= 11 is 0. The van der Waals surface area contributed by atoms with Gasteiger partial charge in [0, 0.05) is 6.20 Å². The number of nitrogens with zero attached hydrogens (tertiary/aromatic N) is 3. The second-order valence-corrected chi connectivity index (χ2v) is 5.79. The maximum atomic E-state index is 12.4. The molecule has 3 rings (SSSR count). The third-order valence-electron chi connectivity index (χ3n) is 3.81. The van der Waals surface area contributed by atoms with E-state index in [9.17, 15) is 14.7 Å². The fourth-order valence-corrected chi connectivity index (χ4v) is 2.50. The van der Waals surface area contributed by atoms with Gasteiger partial charge in [-0.15, -0.1) is 0 Å². The van der Waals surface area contributed by atoms with Gasteiger partial charge in [0.05, 0.1) is 24.1 Å². The lowest BCUT2D eigenvalue weighted by Gasteiger charge is -2.14. The predicted molar refractivity (Wildman–Crippen MR) is 97.7 cm³/mol. The Hall–Kier alpha value is -3.26. The smallest absolute Gasteiger partial charge is 0.338 e. The van der Waals surface area contributed by atoms with Gasteiger partial charge in [-0.2, -0.15) is 0 Å². The van der Waals surface area contributed by atoms with Gasteiger partial charge < -0.3 is 14.6 Å². The van der Waals surface area contributed by atoms with Gasteiger partial charge in [0.2, 0.25) is 0 Å². The van der Waals surface area contributed by atoms with Crippen LogP contribution < -0.4 is 10.3 Å². The van der Waals surface area contributed by atoms with Crippen LogP contribution in [0.5, 0.6) is 5.75 Å². The Balaban J connectivity index is 1.60. The highest BCUT2D eigenvalue weighted by Crippen LogP contribution is 2.13. The number of hydrogen-bond acceptors (Lipinski definition) is 7. The van der Waals surface area contributed by atoms with Crippen molar-refractivity contribution in [3.8, 4) is 5.75 Å². The quantitative estimate of drug-likeness (QED) is 0.628. The molecule has 0 spiro atoms. The monoisotopic (exact) mass is 369 g/mol. The fraction of sp³-hybridized carbons (Fsp3) is 0.263. The lowest BCUT2D eigenvalue weighted by atomic mass is 10.2. The van der Waals surface area contributed by atoms with Crippen LogP contribution in [0.25, 0.3) is 11.0 Å². The summed E-state index contributed by atoms with van der Waals surface area (Å²) in [5.41, 5.74) is 0.518. The molecule has 0 bridgehead atoms. The molecule has 8 heteroatoms. The average molecular weight is 369 g/mol. The van der Waals surface area contributed by atoms with Crippen LogP contribution in [0.1, 0.15) is 17.3 Å². The standard InChI is InChI=1S/C19H19N3O5/c1-2-26-19(25)13-5-7-15(8-6-13)27-11-14(23)10-22-12-21-17-16(18(22)24)4-3-9-20-17/h3-9,12,14,23H,2,10-11H2,1H3/t14-/m1/s1. The molecular weight excluding hydrogens is 350 g/mol. The van der Waals surface area contributed by atoms with Crippen molar-refractivity contribution in [2.45, 2.75) is 19.6 Å². The van der Waals surface area contributed by atoms with Gasteiger partial charge in [-0.25, -0.2) is 14.8 Å². The Kier molecular flexibility index (Phi) is 5.77. The van der Waals surface area contributed by atoms with Crippen molar-refractivity contribution < 1.29 is 19.4 Å². The molecule has 0 unspecified atom stereocenters. The lowest BCUT2D eigenvalue weighted by Crippen LogP contribution is -2.30. The summed E-state index contributed by atoms with van der Waals surface area (Å²) in [6.07, 6.45) is 2.01. The molecule has 0 amide bonds. The number of benzene rings is 1. The molecule has 27 heavy (non-hydrogen) atoms. The van der Waals surface area contributed by atoms with Crippen LogP contribution >= 0.6 is 0 Å². The SMILES string of the molecule is CCOC(=O)c1ccc(OC[C@H](O)Cn2cnc3ncccc3c2=O)cc1. The van der Waals surface area contributed by atoms with E-state index in [0.29, 0.717) is 29.0 Å². The Morgan fingerprint density at radius 2 is 2.00 bits per heavy atom. The molecule has 0 aliphatic rings. The molecule has 0 aliphatic carbocycles. The second-order valence-electron chi connectivity index (χ2n) is 5.79. The maximum absolute atomic E-state index is 12.4. The van der Waals surface area contributed by atoms with Gasteiger partial charge in [-0.3, -0.25) is 9.36 Å². The number of ether oxygens (including phenoxy) is 2. The zero-order chi connectivity index (χ0) is 19.2. The van der Waals surface area contributed by atoms with Crippen LogP contribution in [0.4, 0.5) is 0 Å². The van der Waals surface area contributed by atoms with E-state index in [1.54, 1.807) is 49.5 Å². The molecule has 1 atom stereocenters. The first-order valence-corrected chi connectivity index (χ1v) is 8.46. The minimum atomic E-state index is -0.914. The highest BCUT2D eigenvalue weighted by atomic mass is 16.5. The van der Waals surface area contributed by atoms with Gasteiger partial charge in [-0.1, -0.05) is 0 Å². The number of carbonyl (C=O) groups excluding carboxylic acids is 1. The lowest BCUT2D eigenvalue weighted by molar-refractivity contribution is 0.0526. The predicted octanol–water partition coefficient (Wildman–Crippen LogP) is 1.41. The number of fused-ring (bicyclic) bond motifs is 1. The third-order valence-corrected chi connectivity index (χ3v) is 3.81. The van der Waals surface area contributed by atoms with E-state index in [2.05, 4.69) is 9.97 Å². The summed E-state index contributed by atoms with van der Waals surface area (Å²) in [5, 5.41) is 10.6. The topological polar surface area (TPSA) is 104 Å². The van der Waals surface area contributed by atoms with E-state index in [0.717, 1.165) is 0 Å². The first-order valence-electron chi connectivity index (χ1n) is 8.46. The van der Waals surface area contributed by atoms with E-state index in [1.165, 1.54) is 10.9 Å². The third kappa shape index (κ3) is 4.48. The molecule has 1 aromatic carbocycles. The molecule has 0 saturated carbocycles. The largest absolute Gasteiger partial charge is 0.491 e. The van der Waals surface area contributed by atoms with Crippen LogP contribution in [0, 0.1) is 0 Å². The van der Waals surface area contributed by atoms with E-state index < -0.39 is 12.1 Å². The number of rotatable bonds is 7. The van der Waals surface area contributed by atoms with Crippen LogP contribution in [-0.2, 0) is 11.3 Å². The van der Waals surface area contributed by atoms with Crippen molar-refractivity contribution in [2.24, 2.45) is 0 Å². The van der Waals surface area contributed by atoms with E-state index >= 15 is 0 Å². The van der Waals surface area contributed by atoms with Gasteiger partial charge >= 0.3 is 5.97 Å². The van der Waals surface area contributed by atoms with Crippen LogP contribution in [0.3, 0.4) is 0 Å². The number of esters is 1. The average Bonchev–Trinajstić information content (AvgIpc) is 2.69. The zero-order valence-corrected chi connectivity index (χ0v) is 14.7. The summed E-state index contributed by atoms with van der Waals surface area (Å²) in [6, 6.07) is 9.72. The second kappa shape index (κ2) is 8.41. The Labute approximate surface area is 155 Å². The molecule has 0 radical (unpaired) electrons. The Morgan fingerprint density at radius 1 is 1.22 bits per heavy atom. The molecule has 8 nitrogen and oxygen atoms in total. The number of aliphatic hydroxyl groups excluding tert-OH is 1. The zero-order valence-electron chi connectivity index (χ0n) is 14.7. The number of aliphatic hydroxyl groups is 1. The molecule has 2 aromatic heterocycles. The molecule has 2 heterocycles. The van der Waals surface area contributed by atoms with Crippen molar-refractivity contribution in [1.29, 1.82) is 0 Å². The molecular formula is C19H19N3O5. The molecule has 0 fully saturated rings. The summed E-state index contributed by atoms with van der Waals surface area (Å²) in [7, 11) is 0. The summed E-state index contributed by atoms with van der Waals surface area (Å²) in [4.78, 5) is 32.1. The number of hydrogen-bond donors (Lipinski definition) is 1. The van der Waals surface area contributed by atoms with Crippen molar-refractivity contribution in [2.75, 3.05) is 13.2 Å². The van der Waals surface area contributed by atoms with E-state index in [1.807, 2.05) is 0 Å². The number of pyridine rings is 1. The molecule has 140 valence electrons. The van der Waals surface area contributed by atoms with E-state index in [-0.39, 0.29) is 18.7 Å². The van der Waals surface area contributed by atoms with Crippen LogP contribution in [0.15, 0.2) is 53.7 Å². The molecule has 0 aliphatic heterocycles. The Morgan fingerprint density at radius 3 is 2.74 bits per heavy atom. The van der Waals surface area contributed by atoms with Crippen molar-refractivity contribution in [1.82, 2.24) is 14.5 Å². The molecule has 3 aromatic rings. The number of aromatic nitrogens is 3. The Bertz CT molecular complexity index is 985. The summed E-state index contributed by atoms with van der Waals surface area (Å²) in [6.45, 7) is 2.07. The highest BCUT2D eigenvalue weighted by Gasteiger charge is 2.11. The van der Waals surface area contributed by atoms with Crippen LogP contribution in [0.2, 0.25) is 0 Å². The minimum Gasteiger partial charge on any atom is -0.491 e. The minimum absolute atomic E-state index is 0.0176. The van der Waals surface area contributed by atoms with Crippen molar-refractivity contribution >= 4 is 17.0 Å². The maximum Gasteiger partial charge on any atom is 0.338 e.